The third kappa shape index (κ3) is 3.21. The van der Waals surface area contributed by atoms with E-state index in [2.05, 4.69) is 9.97 Å². The first-order valence-electron chi connectivity index (χ1n) is 6.96. The number of hydrogen-bond donors (Lipinski definition) is 1. The van der Waals surface area contributed by atoms with Gasteiger partial charge in [-0.25, -0.2) is 9.97 Å². The fourth-order valence-electron chi connectivity index (χ4n) is 2.24. The highest BCUT2D eigenvalue weighted by molar-refractivity contribution is 6.05. The van der Waals surface area contributed by atoms with Crippen molar-refractivity contribution < 1.29 is 14.3 Å². The Hall–Kier alpha value is -3.15. The molecule has 1 amide bonds. The van der Waals surface area contributed by atoms with Gasteiger partial charge in [0.15, 0.2) is 0 Å². The van der Waals surface area contributed by atoms with Gasteiger partial charge in [0.1, 0.15) is 24.4 Å². The fraction of sp³-hybridized carbons (Fsp3) is 0.118. The Morgan fingerprint density at radius 3 is 2.65 bits per heavy atom. The summed E-state index contributed by atoms with van der Waals surface area (Å²) in [5.41, 5.74) is 7.23. The van der Waals surface area contributed by atoms with Crippen molar-refractivity contribution in [3.63, 3.8) is 0 Å². The molecule has 3 rings (SSSR count). The summed E-state index contributed by atoms with van der Waals surface area (Å²) in [6, 6.07) is 10.9. The maximum Gasteiger partial charge on any atom is 0.251 e. The van der Waals surface area contributed by atoms with E-state index in [9.17, 15) is 4.79 Å². The minimum Gasteiger partial charge on any atom is -0.497 e. The number of carbonyl (C=O) groups is 1. The molecule has 6 heteroatoms. The zero-order valence-electron chi connectivity index (χ0n) is 12.5. The number of carbonyl (C=O) groups excluding carboxylic acids is 1. The Kier molecular flexibility index (Phi) is 4.05. The van der Waals surface area contributed by atoms with Gasteiger partial charge in [-0.3, -0.25) is 4.79 Å². The van der Waals surface area contributed by atoms with E-state index in [4.69, 9.17) is 15.2 Å². The molecule has 1 heterocycles. The van der Waals surface area contributed by atoms with Crippen molar-refractivity contribution >= 4 is 16.8 Å². The molecule has 0 aliphatic carbocycles. The van der Waals surface area contributed by atoms with Crippen LogP contribution >= 0.6 is 0 Å². The molecule has 0 atom stereocenters. The van der Waals surface area contributed by atoms with Crippen LogP contribution < -0.4 is 15.2 Å². The molecule has 0 radical (unpaired) electrons. The van der Waals surface area contributed by atoms with Crippen molar-refractivity contribution in [3.8, 4) is 11.5 Å². The van der Waals surface area contributed by atoms with Crippen LogP contribution in [-0.4, -0.2) is 23.0 Å². The van der Waals surface area contributed by atoms with E-state index in [1.165, 1.54) is 6.33 Å². The van der Waals surface area contributed by atoms with Crippen molar-refractivity contribution in [3.05, 3.63) is 60.0 Å². The average molecular weight is 309 g/mol. The summed E-state index contributed by atoms with van der Waals surface area (Å²) < 4.78 is 10.9. The lowest BCUT2D eigenvalue weighted by molar-refractivity contribution is 0.100. The molecule has 0 saturated heterocycles. The number of nitrogens with zero attached hydrogens (tertiary/aromatic N) is 2. The largest absolute Gasteiger partial charge is 0.497 e. The van der Waals surface area contributed by atoms with Crippen LogP contribution in [0, 0.1) is 0 Å². The number of benzene rings is 2. The summed E-state index contributed by atoms with van der Waals surface area (Å²) in [5.74, 6) is 0.771. The van der Waals surface area contributed by atoms with Crippen LogP contribution in [0.2, 0.25) is 0 Å². The van der Waals surface area contributed by atoms with Crippen LogP contribution in [0.4, 0.5) is 0 Å². The van der Waals surface area contributed by atoms with Gasteiger partial charge >= 0.3 is 0 Å². The van der Waals surface area contributed by atoms with E-state index in [0.29, 0.717) is 28.8 Å². The Labute approximate surface area is 132 Å². The average Bonchev–Trinajstić information content (AvgIpc) is 2.59. The molecule has 3 aromatic rings. The highest BCUT2D eigenvalue weighted by Crippen LogP contribution is 2.24. The second-order valence-electron chi connectivity index (χ2n) is 4.93. The summed E-state index contributed by atoms with van der Waals surface area (Å²) in [5, 5.41) is 0.702. The maximum absolute atomic E-state index is 11.6. The van der Waals surface area contributed by atoms with Gasteiger partial charge in [-0.2, -0.15) is 0 Å². The number of ether oxygens (including phenoxy) is 2. The van der Waals surface area contributed by atoms with Gasteiger partial charge in [0.05, 0.1) is 18.2 Å². The molecule has 2 N–H and O–H groups in total. The van der Waals surface area contributed by atoms with E-state index in [0.717, 1.165) is 11.3 Å². The van der Waals surface area contributed by atoms with Crippen molar-refractivity contribution in [2.75, 3.05) is 7.11 Å². The summed E-state index contributed by atoms with van der Waals surface area (Å²) in [6.45, 7) is 0.362. The normalized spacial score (nSPS) is 10.5. The second-order valence-corrected chi connectivity index (χ2v) is 4.93. The van der Waals surface area contributed by atoms with E-state index in [1.807, 2.05) is 24.3 Å². The number of fused-ring (bicyclic) bond motifs is 1. The van der Waals surface area contributed by atoms with Crippen LogP contribution in [0.5, 0.6) is 11.5 Å². The van der Waals surface area contributed by atoms with E-state index >= 15 is 0 Å². The van der Waals surface area contributed by atoms with Gasteiger partial charge in [-0.15, -0.1) is 0 Å². The Morgan fingerprint density at radius 1 is 1.17 bits per heavy atom. The van der Waals surface area contributed by atoms with Crippen molar-refractivity contribution in [2.45, 2.75) is 6.61 Å². The van der Waals surface area contributed by atoms with Gasteiger partial charge in [-0.1, -0.05) is 12.1 Å². The minimum atomic E-state index is -0.552. The first-order chi connectivity index (χ1) is 11.2. The molecule has 116 valence electrons. The van der Waals surface area contributed by atoms with Crippen LogP contribution in [0.25, 0.3) is 10.9 Å². The zero-order chi connectivity index (χ0) is 16.2. The van der Waals surface area contributed by atoms with E-state index in [-0.39, 0.29) is 0 Å². The SMILES string of the molecule is COc1ccc(COc2cc(C(N)=O)c3ncncc3c2)cc1. The second kappa shape index (κ2) is 6.31. The van der Waals surface area contributed by atoms with Crippen LogP contribution in [0.1, 0.15) is 15.9 Å². The van der Waals surface area contributed by atoms with Gasteiger partial charge < -0.3 is 15.2 Å². The lowest BCUT2D eigenvalue weighted by atomic mass is 10.1. The first kappa shape index (κ1) is 14.8. The van der Waals surface area contributed by atoms with Crippen LogP contribution in [0.15, 0.2) is 48.9 Å². The topological polar surface area (TPSA) is 87.3 Å². The lowest BCUT2D eigenvalue weighted by Gasteiger charge is -2.10. The maximum atomic E-state index is 11.6. The fourth-order valence-corrected chi connectivity index (χ4v) is 2.24. The molecule has 0 unspecified atom stereocenters. The van der Waals surface area contributed by atoms with Crippen LogP contribution in [0.3, 0.4) is 0 Å². The van der Waals surface area contributed by atoms with Gasteiger partial charge in [-0.05, 0) is 29.8 Å². The third-order valence-corrected chi connectivity index (χ3v) is 3.41. The molecule has 0 aliphatic rings. The molecule has 23 heavy (non-hydrogen) atoms. The molecular formula is C17H15N3O3. The zero-order valence-corrected chi connectivity index (χ0v) is 12.5. The highest BCUT2D eigenvalue weighted by atomic mass is 16.5. The monoisotopic (exact) mass is 309 g/mol. The number of primary amides is 1. The van der Waals surface area contributed by atoms with Gasteiger partial charge in [0, 0.05) is 11.6 Å². The number of nitrogens with two attached hydrogens (primary N) is 1. The Bertz CT molecular complexity index is 847. The molecule has 0 fully saturated rings. The van der Waals surface area contributed by atoms with Crippen LogP contribution in [-0.2, 0) is 6.61 Å². The van der Waals surface area contributed by atoms with Gasteiger partial charge in [0.25, 0.3) is 5.91 Å². The molecule has 0 spiro atoms. The third-order valence-electron chi connectivity index (χ3n) is 3.41. The van der Waals surface area contributed by atoms with Crippen molar-refractivity contribution in [2.24, 2.45) is 5.73 Å². The standard InChI is InChI=1S/C17H15N3O3/c1-22-13-4-2-11(3-5-13)9-23-14-6-12-8-19-10-20-16(12)15(7-14)17(18)21/h2-8,10H,9H2,1H3,(H2,18,21). The van der Waals surface area contributed by atoms with Crippen molar-refractivity contribution in [1.29, 1.82) is 0 Å². The molecule has 0 bridgehead atoms. The van der Waals surface area contributed by atoms with Crippen molar-refractivity contribution in [1.82, 2.24) is 9.97 Å². The lowest BCUT2D eigenvalue weighted by Crippen LogP contribution is -2.12. The first-order valence-corrected chi connectivity index (χ1v) is 6.96. The summed E-state index contributed by atoms with van der Waals surface area (Å²) in [4.78, 5) is 19.7. The predicted octanol–water partition coefficient (Wildman–Crippen LogP) is 2.32. The number of hydrogen-bond acceptors (Lipinski definition) is 5. The van der Waals surface area contributed by atoms with Gasteiger partial charge in [0.2, 0.25) is 0 Å². The number of rotatable bonds is 5. The molecule has 2 aromatic carbocycles. The Morgan fingerprint density at radius 2 is 1.96 bits per heavy atom. The Balaban J connectivity index is 1.86. The smallest absolute Gasteiger partial charge is 0.251 e. The summed E-state index contributed by atoms with van der Waals surface area (Å²) >= 11 is 0. The predicted molar refractivity (Wildman–Crippen MR) is 85.4 cm³/mol. The minimum absolute atomic E-state index is 0.314. The summed E-state index contributed by atoms with van der Waals surface area (Å²) in [7, 11) is 1.62. The number of amides is 1. The number of aromatic nitrogens is 2. The quantitative estimate of drug-likeness (QED) is 0.781. The molecular weight excluding hydrogens is 294 g/mol. The molecule has 6 nitrogen and oxygen atoms in total. The number of methoxy groups -OCH3 is 1. The highest BCUT2D eigenvalue weighted by Gasteiger charge is 2.11. The molecule has 1 aromatic heterocycles. The van der Waals surface area contributed by atoms with E-state index in [1.54, 1.807) is 25.4 Å². The van der Waals surface area contributed by atoms with E-state index < -0.39 is 5.91 Å². The molecule has 0 aliphatic heterocycles. The molecule has 0 saturated carbocycles. The summed E-state index contributed by atoms with van der Waals surface area (Å²) in [6.07, 6.45) is 3.00.